The number of likely N-dealkylation sites (N-methyl/N-ethyl adjacent to an activating group) is 1. The van der Waals surface area contributed by atoms with Crippen LogP contribution in [0.3, 0.4) is 0 Å². The number of fused-ring (bicyclic) bond motifs is 1. The van der Waals surface area contributed by atoms with Gasteiger partial charge >= 0.3 is 0 Å². The Morgan fingerprint density at radius 1 is 1.16 bits per heavy atom. The van der Waals surface area contributed by atoms with Gasteiger partial charge in [-0.25, -0.2) is 0 Å². The van der Waals surface area contributed by atoms with Gasteiger partial charge in [-0.2, -0.15) is 0 Å². The van der Waals surface area contributed by atoms with E-state index >= 15 is 0 Å². The van der Waals surface area contributed by atoms with Crippen molar-refractivity contribution in [2.24, 2.45) is 0 Å². The van der Waals surface area contributed by atoms with E-state index in [2.05, 4.69) is 56.7 Å². The number of nitrogens with zero attached hydrogens (tertiary/aromatic N) is 5. The second-order valence-corrected chi connectivity index (χ2v) is 5.40. The van der Waals surface area contributed by atoms with Crippen LogP contribution in [0.25, 0.3) is 5.65 Å². The zero-order chi connectivity index (χ0) is 13.2. The molecule has 0 spiro atoms. The fraction of sp³-hybridized carbons (Fsp3) is 0.571. The minimum Gasteiger partial charge on any atom is -0.304 e. The quantitative estimate of drug-likeness (QED) is 0.818. The average Bonchev–Trinajstić information content (AvgIpc) is 2.83. The molecule has 1 aliphatic heterocycles. The van der Waals surface area contributed by atoms with Crippen LogP contribution in [-0.4, -0.2) is 64.2 Å². The summed E-state index contributed by atoms with van der Waals surface area (Å²) in [7, 11) is 2.19. The summed E-state index contributed by atoms with van der Waals surface area (Å²) in [5.74, 6) is 1.07. The van der Waals surface area contributed by atoms with Gasteiger partial charge in [-0.3, -0.25) is 4.40 Å². The standard InChI is InChI=1S/C14H21N5/c1-12-4-3-6-19-13(15-16-14(12)19)5-7-18-10-8-17(2)9-11-18/h3-4,6H,5,7-11H2,1-2H3. The maximum absolute atomic E-state index is 4.33. The molecule has 3 heterocycles. The normalized spacial score (nSPS) is 18.2. The van der Waals surface area contributed by atoms with Crippen molar-refractivity contribution in [1.82, 2.24) is 24.4 Å². The van der Waals surface area contributed by atoms with E-state index in [1.807, 2.05) is 0 Å². The predicted octanol–water partition coefficient (Wildman–Crippen LogP) is 0.828. The Morgan fingerprint density at radius 2 is 1.95 bits per heavy atom. The molecule has 2 aromatic rings. The summed E-state index contributed by atoms with van der Waals surface area (Å²) in [5.41, 5.74) is 2.16. The van der Waals surface area contributed by atoms with Crippen molar-refractivity contribution in [2.75, 3.05) is 39.8 Å². The van der Waals surface area contributed by atoms with Crippen molar-refractivity contribution in [2.45, 2.75) is 13.3 Å². The van der Waals surface area contributed by atoms with Crippen molar-refractivity contribution in [3.8, 4) is 0 Å². The van der Waals surface area contributed by atoms with Crippen LogP contribution >= 0.6 is 0 Å². The van der Waals surface area contributed by atoms with E-state index in [0.29, 0.717) is 0 Å². The fourth-order valence-corrected chi connectivity index (χ4v) is 2.60. The molecule has 19 heavy (non-hydrogen) atoms. The maximum Gasteiger partial charge on any atom is 0.163 e. The highest BCUT2D eigenvalue weighted by molar-refractivity contribution is 5.46. The molecule has 0 bridgehead atoms. The third-order valence-corrected chi connectivity index (χ3v) is 3.95. The lowest BCUT2D eigenvalue weighted by molar-refractivity contribution is 0.155. The molecule has 0 unspecified atom stereocenters. The molecule has 1 saturated heterocycles. The van der Waals surface area contributed by atoms with Gasteiger partial charge in [0.1, 0.15) is 5.82 Å². The Labute approximate surface area is 113 Å². The smallest absolute Gasteiger partial charge is 0.163 e. The maximum atomic E-state index is 4.33. The summed E-state index contributed by atoms with van der Waals surface area (Å²) in [5, 5.41) is 8.61. The molecule has 0 atom stereocenters. The SMILES string of the molecule is Cc1cccn2c(CCN3CCN(C)CC3)nnc12. The summed E-state index contributed by atoms with van der Waals surface area (Å²) >= 11 is 0. The molecule has 0 amide bonds. The van der Waals surface area contributed by atoms with Crippen molar-refractivity contribution >= 4 is 5.65 Å². The average molecular weight is 259 g/mol. The number of aryl methyl sites for hydroxylation is 1. The molecule has 0 saturated carbocycles. The highest BCUT2D eigenvalue weighted by Gasteiger charge is 2.14. The molecular formula is C14H21N5. The largest absolute Gasteiger partial charge is 0.304 e. The first-order valence-corrected chi connectivity index (χ1v) is 6.94. The first-order valence-electron chi connectivity index (χ1n) is 6.94. The molecule has 1 aliphatic rings. The zero-order valence-electron chi connectivity index (χ0n) is 11.7. The highest BCUT2D eigenvalue weighted by Crippen LogP contribution is 2.10. The van der Waals surface area contributed by atoms with Gasteiger partial charge in [0.25, 0.3) is 0 Å². The molecule has 1 fully saturated rings. The predicted molar refractivity (Wildman–Crippen MR) is 75.4 cm³/mol. The third-order valence-electron chi connectivity index (χ3n) is 3.95. The molecule has 5 heteroatoms. The Hall–Kier alpha value is -1.46. The van der Waals surface area contributed by atoms with Crippen LogP contribution in [0.5, 0.6) is 0 Å². The number of hydrogen-bond acceptors (Lipinski definition) is 4. The summed E-state index contributed by atoms with van der Waals surface area (Å²) < 4.78 is 2.12. The summed E-state index contributed by atoms with van der Waals surface area (Å²) in [4.78, 5) is 4.89. The van der Waals surface area contributed by atoms with Gasteiger partial charge in [-0.05, 0) is 25.6 Å². The second-order valence-electron chi connectivity index (χ2n) is 5.40. The van der Waals surface area contributed by atoms with Crippen molar-refractivity contribution < 1.29 is 0 Å². The van der Waals surface area contributed by atoms with E-state index in [-0.39, 0.29) is 0 Å². The van der Waals surface area contributed by atoms with Crippen LogP contribution in [0.1, 0.15) is 11.4 Å². The Balaban J connectivity index is 1.67. The fourth-order valence-electron chi connectivity index (χ4n) is 2.60. The summed E-state index contributed by atoms with van der Waals surface area (Å²) in [6.45, 7) is 7.80. The van der Waals surface area contributed by atoms with Gasteiger partial charge in [-0.1, -0.05) is 6.07 Å². The van der Waals surface area contributed by atoms with Gasteiger partial charge < -0.3 is 9.80 Å². The van der Waals surface area contributed by atoms with Crippen LogP contribution in [-0.2, 0) is 6.42 Å². The molecule has 3 rings (SSSR count). The van der Waals surface area contributed by atoms with E-state index in [1.54, 1.807) is 0 Å². The number of aromatic nitrogens is 3. The lowest BCUT2D eigenvalue weighted by Crippen LogP contribution is -2.45. The van der Waals surface area contributed by atoms with Gasteiger partial charge in [0.15, 0.2) is 5.65 Å². The zero-order valence-corrected chi connectivity index (χ0v) is 11.7. The van der Waals surface area contributed by atoms with Gasteiger partial charge in [0, 0.05) is 45.3 Å². The molecule has 102 valence electrons. The van der Waals surface area contributed by atoms with Crippen LogP contribution in [0, 0.1) is 6.92 Å². The van der Waals surface area contributed by atoms with Crippen LogP contribution in [0.15, 0.2) is 18.3 Å². The monoisotopic (exact) mass is 259 g/mol. The molecule has 2 aromatic heterocycles. The number of rotatable bonds is 3. The molecule has 0 N–H and O–H groups in total. The minimum atomic E-state index is 0.967. The Bertz CT molecular complexity index is 554. The summed E-state index contributed by atoms with van der Waals surface area (Å²) in [6.07, 6.45) is 3.02. The lowest BCUT2D eigenvalue weighted by atomic mass is 10.3. The first-order chi connectivity index (χ1) is 9.24. The van der Waals surface area contributed by atoms with E-state index < -0.39 is 0 Å². The van der Waals surface area contributed by atoms with Gasteiger partial charge in [-0.15, -0.1) is 10.2 Å². The Kier molecular flexibility index (Phi) is 3.48. The van der Waals surface area contributed by atoms with Crippen LogP contribution < -0.4 is 0 Å². The van der Waals surface area contributed by atoms with E-state index in [4.69, 9.17) is 0 Å². The molecule has 0 aromatic carbocycles. The molecule has 0 aliphatic carbocycles. The number of piperazine rings is 1. The minimum absolute atomic E-state index is 0.967. The summed E-state index contributed by atoms with van der Waals surface area (Å²) in [6, 6.07) is 4.14. The third kappa shape index (κ3) is 2.62. The topological polar surface area (TPSA) is 36.7 Å². The van der Waals surface area contributed by atoms with Crippen molar-refractivity contribution in [3.63, 3.8) is 0 Å². The van der Waals surface area contributed by atoms with E-state index in [9.17, 15) is 0 Å². The van der Waals surface area contributed by atoms with Crippen LogP contribution in [0.4, 0.5) is 0 Å². The Morgan fingerprint density at radius 3 is 2.74 bits per heavy atom. The molecule has 5 nitrogen and oxygen atoms in total. The van der Waals surface area contributed by atoms with Gasteiger partial charge in [0.05, 0.1) is 0 Å². The second kappa shape index (κ2) is 5.27. The number of pyridine rings is 1. The molecular weight excluding hydrogens is 238 g/mol. The van der Waals surface area contributed by atoms with Crippen molar-refractivity contribution in [1.29, 1.82) is 0 Å². The lowest BCUT2D eigenvalue weighted by Gasteiger charge is -2.32. The van der Waals surface area contributed by atoms with Crippen molar-refractivity contribution in [3.05, 3.63) is 29.7 Å². The molecule has 0 radical (unpaired) electrons. The van der Waals surface area contributed by atoms with Gasteiger partial charge in [0.2, 0.25) is 0 Å². The first kappa shape index (κ1) is 12.6. The highest BCUT2D eigenvalue weighted by atomic mass is 15.3. The number of hydrogen-bond donors (Lipinski definition) is 0. The van der Waals surface area contributed by atoms with Crippen LogP contribution in [0.2, 0.25) is 0 Å². The van der Waals surface area contributed by atoms with E-state index in [0.717, 1.165) is 37.5 Å². The van der Waals surface area contributed by atoms with E-state index in [1.165, 1.54) is 18.7 Å².